The molecule has 0 aliphatic carbocycles. The van der Waals surface area contributed by atoms with Crippen LogP contribution in [0.5, 0.6) is 5.75 Å². The molecule has 3 aromatic rings. The Morgan fingerprint density at radius 1 is 1.00 bits per heavy atom. The Hall–Kier alpha value is -3.94. The molecule has 2 amide bonds. The normalized spacial score (nSPS) is 13.5. The Kier molecular flexibility index (Phi) is 6.83. The largest absolute Gasteiger partial charge is 0.496 e. The van der Waals surface area contributed by atoms with E-state index in [1.54, 1.807) is 37.7 Å². The SMILES string of the molecule is COc1cc(C(=O)Nc2ccc(CC(=O)N3CCN(c4ncccn4)CC3)cc2)ccc1C. The number of hydrogen-bond donors (Lipinski definition) is 1. The Balaban J connectivity index is 1.29. The third-order valence-electron chi connectivity index (χ3n) is 5.70. The van der Waals surface area contributed by atoms with Gasteiger partial charge in [-0.25, -0.2) is 9.97 Å². The van der Waals surface area contributed by atoms with Gasteiger partial charge in [0, 0.05) is 49.8 Å². The van der Waals surface area contributed by atoms with Gasteiger partial charge in [-0.3, -0.25) is 9.59 Å². The number of aromatic nitrogens is 2. The summed E-state index contributed by atoms with van der Waals surface area (Å²) < 4.78 is 5.29. The van der Waals surface area contributed by atoms with Gasteiger partial charge in [0.05, 0.1) is 13.5 Å². The van der Waals surface area contributed by atoms with Crippen molar-refractivity contribution in [1.82, 2.24) is 14.9 Å². The first kappa shape index (κ1) is 22.3. The predicted octanol–water partition coefficient (Wildman–Crippen LogP) is 2.94. The molecule has 4 rings (SSSR count). The molecular formula is C25H27N5O3. The maximum absolute atomic E-state index is 12.7. The summed E-state index contributed by atoms with van der Waals surface area (Å²) in [5.41, 5.74) is 3.07. The quantitative estimate of drug-likeness (QED) is 0.628. The predicted molar refractivity (Wildman–Crippen MR) is 127 cm³/mol. The number of carbonyl (C=O) groups is 2. The van der Waals surface area contributed by atoms with E-state index in [9.17, 15) is 9.59 Å². The molecule has 8 nitrogen and oxygen atoms in total. The van der Waals surface area contributed by atoms with Crippen LogP contribution in [0.15, 0.2) is 60.9 Å². The van der Waals surface area contributed by atoms with Crippen molar-refractivity contribution >= 4 is 23.5 Å². The van der Waals surface area contributed by atoms with Crippen LogP contribution in [0, 0.1) is 6.92 Å². The van der Waals surface area contributed by atoms with Crippen molar-refractivity contribution in [3.8, 4) is 5.75 Å². The third-order valence-corrected chi connectivity index (χ3v) is 5.70. The summed E-state index contributed by atoms with van der Waals surface area (Å²) in [6.07, 6.45) is 3.78. The van der Waals surface area contributed by atoms with E-state index in [1.165, 1.54) is 0 Å². The molecule has 0 atom stereocenters. The van der Waals surface area contributed by atoms with Gasteiger partial charge < -0.3 is 19.9 Å². The van der Waals surface area contributed by atoms with Gasteiger partial charge in [0.1, 0.15) is 5.75 Å². The fourth-order valence-electron chi connectivity index (χ4n) is 3.77. The molecule has 0 saturated carbocycles. The molecular weight excluding hydrogens is 418 g/mol. The van der Waals surface area contributed by atoms with E-state index in [2.05, 4.69) is 20.2 Å². The first-order valence-electron chi connectivity index (χ1n) is 10.9. The van der Waals surface area contributed by atoms with Crippen LogP contribution in [-0.4, -0.2) is 60.0 Å². The van der Waals surface area contributed by atoms with Crippen LogP contribution in [0.1, 0.15) is 21.5 Å². The number of anilines is 2. The van der Waals surface area contributed by atoms with Gasteiger partial charge in [0.25, 0.3) is 5.91 Å². The maximum atomic E-state index is 12.7. The molecule has 1 N–H and O–H groups in total. The number of benzene rings is 2. The lowest BCUT2D eigenvalue weighted by atomic mass is 10.1. The lowest BCUT2D eigenvalue weighted by molar-refractivity contribution is -0.130. The Morgan fingerprint density at radius 2 is 1.70 bits per heavy atom. The molecule has 33 heavy (non-hydrogen) atoms. The van der Waals surface area contributed by atoms with E-state index >= 15 is 0 Å². The number of rotatable bonds is 6. The Bertz CT molecular complexity index is 1110. The van der Waals surface area contributed by atoms with Gasteiger partial charge >= 0.3 is 0 Å². The summed E-state index contributed by atoms with van der Waals surface area (Å²) in [7, 11) is 1.58. The van der Waals surface area contributed by atoms with E-state index in [1.807, 2.05) is 42.2 Å². The molecule has 1 aliphatic heterocycles. The molecule has 0 spiro atoms. The minimum atomic E-state index is -0.211. The number of ether oxygens (including phenoxy) is 1. The highest BCUT2D eigenvalue weighted by atomic mass is 16.5. The lowest BCUT2D eigenvalue weighted by Crippen LogP contribution is -2.49. The van der Waals surface area contributed by atoms with Gasteiger partial charge in [-0.2, -0.15) is 0 Å². The summed E-state index contributed by atoms with van der Waals surface area (Å²) in [6, 6.07) is 14.5. The van der Waals surface area contributed by atoms with Crippen LogP contribution in [0.2, 0.25) is 0 Å². The second-order valence-electron chi connectivity index (χ2n) is 7.93. The second kappa shape index (κ2) is 10.1. The fraction of sp³-hybridized carbons (Fsp3) is 0.280. The molecule has 8 heteroatoms. The monoisotopic (exact) mass is 445 g/mol. The summed E-state index contributed by atoms with van der Waals surface area (Å²) in [5, 5.41) is 2.89. The minimum absolute atomic E-state index is 0.0900. The first-order valence-corrected chi connectivity index (χ1v) is 10.9. The van der Waals surface area contributed by atoms with Crippen molar-refractivity contribution < 1.29 is 14.3 Å². The number of amides is 2. The maximum Gasteiger partial charge on any atom is 0.255 e. The number of methoxy groups -OCH3 is 1. The summed E-state index contributed by atoms with van der Waals surface area (Å²) in [4.78, 5) is 37.8. The standard InChI is InChI=1S/C25H27N5O3/c1-18-4-7-20(17-22(18)33-2)24(32)28-21-8-5-19(6-9-21)16-23(31)29-12-14-30(15-13-29)25-26-10-3-11-27-25/h3-11,17H,12-16H2,1-2H3,(H,28,32). The zero-order chi connectivity index (χ0) is 23.2. The van der Waals surface area contributed by atoms with Crippen molar-refractivity contribution in [3.05, 3.63) is 77.6 Å². The molecule has 1 aliphatic rings. The van der Waals surface area contributed by atoms with Gasteiger partial charge in [-0.05, 0) is 48.4 Å². The van der Waals surface area contributed by atoms with Crippen molar-refractivity contribution in [1.29, 1.82) is 0 Å². The van der Waals surface area contributed by atoms with Gasteiger partial charge in [-0.15, -0.1) is 0 Å². The van der Waals surface area contributed by atoms with Crippen molar-refractivity contribution in [3.63, 3.8) is 0 Å². The van der Waals surface area contributed by atoms with Crippen LogP contribution in [0.25, 0.3) is 0 Å². The third kappa shape index (κ3) is 5.46. The van der Waals surface area contributed by atoms with Crippen molar-refractivity contribution in [2.75, 3.05) is 43.5 Å². The van der Waals surface area contributed by atoms with E-state index in [-0.39, 0.29) is 11.8 Å². The highest BCUT2D eigenvalue weighted by Crippen LogP contribution is 2.20. The molecule has 1 aromatic heterocycles. The van der Waals surface area contributed by atoms with Crippen LogP contribution in [0.4, 0.5) is 11.6 Å². The number of nitrogens with one attached hydrogen (secondary N) is 1. The van der Waals surface area contributed by atoms with Gasteiger partial charge in [0.2, 0.25) is 11.9 Å². The summed E-state index contributed by atoms with van der Waals surface area (Å²) in [5.74, 6) is 1.25. The first-order chi connectivity index (χ1) is 16.0. The average molecular weight is 446 g/mol. The summed E-state index contributed by atoms with van der Waals surface area (Å²) >= 11 is 0. The number of aryl methyl sites for hydroxylation is 1. The van der Waals surface area contributed by atoms with E-state index in [0.29, 0.717) is 55.5 Å². The van der Waals surface area contributed by atoms with Gasteiger partial charge in [0.15, 0.2) is 0 Å². The number of carbonyl (C=O) groups excluding carboxylic acids is 2. The molecule has 170 valence electrons. The Morgan fingerprint density at radius 3 is 2.36 bits per heavy atom. The fourth-order valence-corrected chi connectivity index (χ4v) is 3.77. The molecule has 0 bridgehead atoms. The molecule has 2 aromatic carbocycles. The zero-order valence-corrected chi connectivity index (χ0v) is 18.8. The second-order valence-corrected chi connectivity index (χ2v) is 7.93. The van der Waals surface area contributed by atoms with E-state index in [4.69, 9.17) is 4.74 Å². The van der Waals surface area contributed by atoms with E-state index in [0.717, 1.165) is 11.1 Å². The van der Waals surface area contributed by atoms with Crippen LogP contribution in [0.3, 0.4) is 0 Å². The Labute approximate surface area is 193 Å². The highest BCUT2D eigenvalue weighted by Gasteiger charge is 2.22. The molecule has 1 fully saturated rings. The molecule has 1 saturated heterocycles. The molecule has 0 unspecified atom stereocenters. The summed E-state index contributed by atoms with van der Waals surface area (Å²) in [6.45, 7) is 4.64. The van der Waals surface area contributed by atoms with Crippen molar-refractivity contribution in [2.45, 2.75) is 13.3 Å². The van der Waals surface area contributed by atoms with Crippen molar-refractivity contribution in [2.24, 2.45) is 0 Å². The van der Waals surface area contributed by atoms with Gasteiger partial charge in [-0.1, -0.05) is 18.2 Å². The smallest absolute Gasteiger partial charge is 0.255 e. The average Bonchev–Trinajstić information content (AvgIpc) is 2.86. The number of piperazine rings is 1. The van der Waals surface area contributed by atoms with E-state index < -0.39 is 0 Å². The van der Waals surface area contributed by atoms with Crippen LogP contribution < -0.4 is 15.0 Å². The lowest BCUT2D eigenvalue weighted by Gasteiger charge is -2.34. The topological polar surface area (TPSA) is 87.7 Å². The number of hydrogen-bond acceptors (Lipinski definition) is 6. The molecule has 2 heterocycles. The number of nitrogens with zero attached hydrogens (tertiary/aromatic N) is 4. The molecule has 0 radical (unpaired) electrons. The zero-order valence-electron chi connectivity index (χ0n) is 18.8. The van der Waals surface area contributed by atoms with Crippen LogP contribution in [-0.2, 0) is 11.2 Å². The highest BCUT2D eigenvalue weighted by molar-refractivity contribution is 6.04. The minimum Gasteiger partial charge on any atom is -0.496 e. The van der Waals surface area contributed by atoms with Crippen LogP contribution >= 0.6 is 0 Å².